The molecule has 5 rings (SSSR count). The van der Waals surface area contributed by atoms with Crippen molar-refractivity contribution in [3.05, 3.63) is 94.6 Å². The molecule has 2 aromatic heterocycles. The average molecular weight is 457 g/mol. The van der Waals surface area contributed by atoms with Gasteiger partial charge in [0, 0.05) is 22.7 Å². The second-order valence-electron chi connectivity index (χ2n) is 8.07. The number of anilines is 1. The van der Waals surface area contributed by atoms with Gasteiger partial charge in [-0.05, 0) is 49.2 Å². The predicted octanol–water partition coefficient (Wildman–Crippen LogP) is 7.48. The third-order valence-corrected chi connectivity index (χ3v) is 6.09. The van der Waals surface area contributed by atoms with Crippen LogP contribution < -0.4 is 5.32 Å². The molecule has 3 aromatic carbocycles. The molecule has 1 atom stereocenters. The highest BCUT2D eigenvalue weighted by molar-refractivity contribution is 6.34. The second kappa shape index (κ2) is 8.26. The minimum atomic E-state index is -1.08. The summed E-state index contributed by atoms with van der Waals surface area (Å²) in [6.07, 6.45) is 1.80. The van der Waals surface area contributed by atoms with E-state index in [-0.39, 0.29) is 16.6 Å². The van der Waals surface area contributed by atoms with Gasteiger partial charge in [-0.2, -0.15) is 0 Å². The minimum absolute atomic E-state index is 0.0487. The van der Waals surface area contributed by atoms with Crippen molar-refractivity contribution < 1.29 is 14.3 Å². The maximum absolute atomic E-state index is 11.8. The molecule has 6 heteroatoms. The van der Waals surface area contributed by atoms with Gasteiger partial charge in [0.1, 0.15) is 16.7 Å². The number of halogens is 1. The number of carboxylic acid groups (broad SMARTS) is 1. The van der Waals surface area contributed by atoms with E-state index >= 15 is 0 Å². The van der Waals surface area contributed by atoms with E-state index in [2.05, 4.69) is 22.4 Å². The number of aromatic carboxylic acids is 1. The maximum Gasteiger partial charge on any atom is 0.339 e. The minimum Gasteiger partial charge on any atom is -0.478 e. The van der Waals surface area contributed by atoms with Crippen molar-refractivity contribution in [2.24, 2.45) is 0 Å². The fourth-order valence-corrected chi connectivity index (χ4v) is 4.53. The zero-order valence-corrected chi connectivity index (χ0v) is 18.9. The number of fused-ring (bicyclic) bond motifs is 3. The Balaban J connectivity index is 1.67. The van der Waals surface area contributed by atoms with Gasteiger partial charge in [0.05, 0.1) is 16.8 Å². The van der Waals surface area contributed by atoms with Gasteiger partial charge < -0.3 is 14.8 Å². The van der Waals surface area contributed by atoms with E-state index in [0.717, 1.165) is 44.3 Å². The van der Waals surface area contributed by atoms with Crippen molar-refractivity contribution >= 4 is 45.3 Å². The van der Waals surface area contributed by atoms with Gasteiger partial charge >= 0.3 is 5.97 Å². The lowest BCUT2D eigenvalue weighted by Gasteiger charge is -2.18. The Hall–Kier alpha value is -3.83. The number of nitrogens with zero attached hydrogens (tertiary/aromatic N) is 1. The number of rotatable bonds is 5. The SMILES string of the molecule is Cc1cc([C@@H](C)Nc2cccc(Cl)c2C(=O)O)c2oc3c(-c4ccccc4)ccnc3c2c1. The van der Waals surface area contributed by atoms with Crippen LogP contribution in [0, 0.1) is 6.92 Å². The molecule has 0 aliphatic carbocycles. The van der Waals surface area contributed by atoms with Crippen molar-refractivity contribution in [2.45, 2.75) is 19.9 Å². The van der Waals surface area contributed by atoms with Crippen LogP contribution in [0.4, 0.5) is 5.69 Å². The Morgan fingerprint density at radius 2 is 1.85 bits per heavy atom. The van der Waals surface area contributed by atoms with Gasteiger partial charge in [-0.25, -0.2) is 4.79 Å². The third kappa shape index (κ3) is 3.70. The fourth-order valence-electron chi connectivity index (χ4n) is 4.28. The monoisotopic (exact) mass is 456 g/mol. The molecule has 0 amide bonds. The molecular formula is C27H21ClN2O3. The van der Waals surface area contributed by atoms with Crippen LogP contribution in [-0.2, 0) is 0 Å². The van der Waals surface area contributed by atoms with Crippen LogP contribution in [0.3, 0.4) is 0 Å². The lowest BCUT2D eigenvalue weighted by Crippen LogP contribution is -2.11. The molecule has 0 bridgehead atoms. The Morgan fingerprint density at radius 3 is 2.61 bits per heavy atom. The topological polar surface area (TPSA) is 75.4 Å². The van der Waals surface area contributed by atoms with Crippen LogP contribution in [0.2, 0.25) is 5.02 Å². The van der Waals surface area contributed by atoms with Crippen LogP contribution in [-0.4, -0.2) is 16.1 Å². The lowest BCUT2D eigenvalue weighted by molar-refractivity contribution is 0.0698. The summed E-state index contributed by atoms with van der Waals surface area (Å²) in [5.41, 5.74) is 6.77. The van der Waals surface area contributed by atoms with Crippen molar-refractivity contribution in [3.63, 3.8) is 0 Å². The zero-order chi connectivity index (χ0) is 23.1. The molecular weight excluding hydrogens is 436 g/mol. The number of benzene rings is 3. The molecule has 0 aliphatic rings. The van der Waals surface area contributed by atoms with E-state index < -0.39 is 5.97 Å². The molecule has 5 nitrogen and oxygen atoms in total. The maximum atomic E-state index is 11.8. The Morgan fingerprint density at radius 1 is 1.06 bits per heavy atom. The van der Waals surface area contributed by atoms with E-state index in [0.29, 0.717) is 5.69 Å². The first-order chi connectivity index (χ1) is 15.9. The quantitative estimate of drug-likeness (QED) is 0.286. The summed E-state index contributed by atoms with van der Waals surface area (Å²) in [7, 11) is 0. The van der Waals surface area contributed by atoms with E-state index in [4.69, 9.17) is 16.0 Å². The van der Waals surface area contributed by atoms with Crippen molar-refractivity contribution in [1.82, 2.24) is 4.98 Å². The molecule has 0 radical (unpaired) electrons. The Labute approximate surface area is 195 Å². The summed E-state index contributed by atoms with van der Waals surface area (Å²) in [6, 6.07) is 20.9. The summed E-state index contributed by atoms with van der Waals surface area (Å²) < 4.78 is 6.44. The highest BCUT2D eigenvalue weighted by atomic mass is 35.5. The molecule has 0 fully saturated rings. The second-order valence-corrected chi connectivity index (χ2v) is 8.48. The summed E-state index contributed by atoms with van der Waals surface area (Å²) >= 11 is 6.16. The fraction of sp³-hybridized carbons (Fsp3) is 0.111. The smallest absolute Gasteiger partial charge is 0.339 e. The number of furan rings is 1. The number of hydrogen-bond donors (Lipinski definition) is 2. The molecule has 33 heavy (non-hydrogen) atoms. The first-order valence-electron chi connectivity index (χ1n) is 10.6. The lowest BCUT2D eigenvalue weighted by atomic mass is 10.0. The van der Waals surface area contributed by atoms with Gasteiger partial charge in [-0.3, -0.25) is 4.98 Å². The molecule has 0 saturated carbocycles. The van der Waals surface area contributed by atoms with Crippen molar-refractivity contribution in [2.75, 3.05) is 5.32 Å². The van der Waals surface area contributed by atoms with Gasteiger partial charge in [0.15, 0.2) is 5.58 Å². The Kier molecular flexibility index (Phi) is 5.27. The van der Waals surface area contributed by atoms with Crippen molar-refractivity contribution in [1.29, 1.82) is 0 Å². The summed E-state index contributed by atoms with van der Waals surface area (Å²) in [5.74, 6) is -1.08. The Bertz CT molecular complexity index is 1510. The number of nitrogens with one attached hydrogen (secondary N) is 1. The number of aryl methyl sites for hydroxylation is 1. The summed E-state index contributed by atoms with van der Waals surface area (Å²) in [5, 5.41) is 14.1. The number of pyridine rings is 1. The normalized spacial score (nSPS) is 12.2. The van der Waals surface area contributed by atoms with Crippen LogP contribution in [0.15, 0.2) is 77.3 Å². The highest BCUT2D eigenvalue weighted by Gasteiger charge is 2.21. The van der Waals surface area contributed by atoms with Gasteiger partial charge in [0.2, 0.25) is 0 Å². The number of hydrogen-bond acceptors (Lipinski definition) is 4. The van der Waals surface area contributed by atoms with E-state index in [1.165, 1.54) is 0 Å². The third-order valence-electron chi connectivity index (χ3n) is 5.78. The van der Waals surface area contributed by atoms with Crippen molar-refractivity contribution in [3.8, 4) is 11.1 Å². The molecule has 2 N–H and O–H groups in total. The van der Waals surface area contributed by atoms with E-state index in [1.807, 2.05) is 50.2 Å². The molecule has 2 heterocycles. The number of carbonyl (C=O) groups is 1. The first kappa shape index (κ1) is 21.0. The summed E-state index contributed by atoms with van der Waals surface area (Å²) in [4.78, 5) is 16.4. The molecule has 0 saturated heterocycles. The van der Waals surface area contributed by atoms with Gasteiger partial charge in [-0.15, -0.1) is 0 Å². The first-order valence-corrected chi connectivity index (χ1v) is 11.0. The molecule has 0 unspecified atom stereocenters. The van der Waals surface area contributed by atoms with Gasteiger partial charge in [-0.1, -0.05) is 54.1 Å². The van der Waals surface area contributed by atoms with Crippen LogP contribution in [0.5, 0.6) is 0 Å². The van der Waals surface area contributed by atoms with Crippen LogP contribution in [0.25, 0.3) is 33.2 Å². The van der Waals surface area contributed by atoms with E-state index in [1.54, 1.807) is 24.4 Å². The molecule has 164 valence electrons. The summed E-state index contributed by atoms with van der Waals surface area (Å²) in [6.45, 7) is 4.00. The molecule has 5 aromatic rings. The molecule has 0 aliphatic heterocycles. The predicted molar refractivity (Wildman–Crippen MR) is 132 cm³/mol. The number of aromatic nitrogens is 1. The van der Waals surface area contributed by atoms with E-state index in [9.17, 15) is 9.90 Å². The largest absolute Gasteiger partial charge is 0.478 e. The van der Waals surface area contributed by atoms with Crippen LogP contribution in [0.1, 0.15) is 34.5 Å². The average Bonchev–Trinajstić information content (AvgIpc) is 3.17. The standard InChI is InChI=1S/C27H21ClN2O3/c1-15-13-19(16(2)30-22-10-6-9-21(28)23(22)27(31)32)25-20(14-15)24-26(33-25)18(11-12-29-24)17-7-4-3-5-8-17/h3-14,16,30H,1-2H3,(H,31,32)/t16-/m1/s1. The van der Waals surface area contributed by atoms with Gasteiger partial charge in [0.25, 0.3) is 0 Å². The highest BCUT2D eigenvalue weighted by Crippen LogP contribution is 2.39. The molecule has 0 spiro atoms. The van der Waals surface area contributed by atoms with Crippen LogP contribution >= 0.6 is 11.6 Å². The zero-order valence-electron chi connectivity index (χ0n) is 18.1. The number of carboxylic acids is 1.